The zero-order valence-electron chi connectivity index (χ0n) is 16.7. The Kier molecular flexibility index (Phi) is 8.02. The highest BCUT2D eigenvalue weighted by Gasteiger charge is 2.47. The summed E-state index contributed by atoms with van der Waals surface area (Å²) in [7, 11) is -16.8. The fourth-order valence-corrected chi connectivity index (χ4v) is 7.19. The molecule has 1 aromatic heterocycles. The third-order valence-corrected chi connectivity index (χ3v) is 10.0. The molecule has 1 aliphatic carbocycles. The van der Waals surface area contributed by atoms with Crippen molar-refractivity contribution < 1.29 is 61.4 Å². The van der Waals surface area contributed by atoms with Gasteiger partial charge in [-0.1, -0.05) is 15.9 Å². The van der Waals surface area contributed by atoms with Crippen LogP contribution in [0.15, 0.2) is 15.8 Å². The Morgan fingerprint density at radius 3 is 2.24 bits per heavy atom. The van der Waals surface area contributed by atoms with E-state index in [0.717, 1.165) is 17.2 Å². The molecule has 2 aliphatic rings. The number of halogens is 1. The van der Waals surface area contributed by atoms with Crippen molar-refractivity contribution in [2.24, 2.45) is 0 Å². The lowest BCUT2D eigenvalue weighted by molar-refractivity contribution is -0.0544. The Bertz CT molecular complexity index is 1190. The average molecular weight is 617 g/mol. The van der Waals surface area contributed by atoms with Gasteiger partial charge in [0.15, 0.2) is 6.23 Å². The summed E-state index contributed by atoms with van der Waals surface area (Å²) in [5, 5.41) is 20.5. The van der Waals surface area contributed by atoms with E-state index in [4.69, 9.17) is 19.4 Å². The van der Waals surface area contributed by atoms with E-state index >= 15 is 0 Å². The van der Waals surface area contributed by atoms with Gasteiger partial charge in [-0.3, -0.25) is 18.9 Å². The van der Waals surface area contributed by atoms with Gasteiger partial charge in [-0.05, 0) is 19.3 Å². The zero-order chi connectivity index (χ0) is 25.7. The topological polar surface area (TPSA) is 264 Å². The molecule has 0 aromatic carbocycles. The molecule has 1 aromatic rings. The number of hydrogen-bond acceptors (Lipinski definition) is 11. The maximum absolute atomic E-state index is 12.3. The number of nitrogens with one attached hydrogen (secondary N) is 1. The molecule has 194 valence electrons. The number of phosphoric ester groups is 1. The van der Waals surface area contributed by atoms with Gasteiger partial charge in [0.05, 0.1) is 16.5 Å². The molecule has 21 heteroatoms. The van der Waals surface area contributed by atoms with Crippen LogP contribution >= 0.6 is 39.4 Å². The van der Waals surface area contributed by atoms with Crippen LogP contribution in [-0.4, -0.2) is 64.3 Å². The lowest BCUT2D eigenvalue weighted by atomic mass is 9.81. The van der Waals surface area contributed by atoms with Crippen molar-refractivity contribution in [1.29, 1.82) is 0 Å². The summed E-state index contributed by atoms with van der Waals surface area (Å²) in [6.45, 7) is -1.05. The molecular formula is C13H20BrN2O15P3. The van der Waals surface area contributed by atoms with Crippen LogP contribution in [0.4, 0.5) is 0 Å². The fourth-order valence-electron chi connectivity index (χ4n) is 3.32. The minimum Gasteiger partial charge on any atom is -0.387 e. The van der Waals surface area contributed by atoms with E-state index in [1.165, 1.54) is 0 Å². The van der Waals surface area contributed by atoms with Crippen molar-refractivity contribution in [2.45, 2.75) is 48.1 Å². The van der Waals surface area contributed by atoms with Crippen LogP contribution in [0, 0.1) is 0 Å². The van der Waals surface area contributed by atoms with Gasteiger partial charge in [0, 0.05) is 6.20 Å². The highest BCUT2D eigenvalue weighted by atomic mass is 79.9. The number of aromatic nitrogens is 2. The smallest absolute Gasteiger partial charge is 0.387 e. The first-order valence-corrected chi connectivity index (χ1v) is 14.6. The van der Waals surface area contributed by atoms with Gasteiger partial charge in [-0.15, -0.1) is 0 Å². The molecule has 7 N–H and O–H groups in total. The number of aliphatic hydroxyl groups excluding tert-OH is 2. The van der Waals surface area contributed by atoms with Crippen molar-refractivity contribution in [3.05, 3.63) is 32.6 Å². The minimum absolute atomic E-state index is 0.181. The largest absolute Gasteiger partial charge is 0.490 e. The Morgan fingerprint density at radius 2 is 1.71 bits per heavy atom. The molecule has 4 unspecified atom stereocenters. The Balaban J connectivity index is 1.73. The summed E-state index contributed by atoms with van der Waals surface area (Å²) in [6.07, 6.45) is -3.55. The lowest BCUT2D eigenvalue weighted by Gasteiger charge is -2.36. The molecule has 3 rings (SSSR count). The van der Waals surface area contributed by atoms with E-state index in [2.05, 4.69) is 34.1 Å². The van der Waals surface area contributed by atoms with Crippen molar-refractivity contribution in [3.63, 3.8) is 0 Å². The molecular weight excluding hydrogens is 597 g/mol. The van der Waals surface area contributed by atoms with Crippen LogP contribution in [0.1, 0.15) is 31.1 Å². The lowest BCUT2D eigenvalue weighted by Crippen LogP contribution is -2.42. The monoisotopic (exact) mass is 616 g/mol. The normalized spacial score (nSPS) is 30.3. The molecule has 0 amide bonds. The predicted octanol–water partition coefficient (Wildman–Crippen LogP) is -0.727. The highest BCUT2D eigenvalue weighted by Crippen LogP contribution is 2.66. The van der Waals surface area contributed by atoms with E-state index in [1.807, 2.05) is 0 Å². The van der Waals surface area contributed by atoms with Gasteiger partial charge < -0.3 is 34.5 Å². The van der Waals surface area contributed by atoms with Crippen molar-refractivity contribution in [3.8, 4) is 0 Å². The second-order valence-corrected chi connectivity index (χ2v) is 13.4. The average Bonchev–Trinajstić information content (AvgIpc) is 2.90. The van der Waals surface area contributed by atoms with E-state index in [-0.39, 0.29) is 5.56 Å². The summed E-state index contributed by atoms with van der Waals surface area (Å²) in [5.41, 5.74) is -1.45. The third-order valence-electron chi connectivity index (χ3n) is 5.03. The molecule has 34 heavy (non-hydrogen) atoms. The van der Waals surface area contributed by atoms with Gasteiger partial charge in [0.1, 0.15) is 18.3 Å². The standard InChI is InChI=1S/C13H20BrN2O15P3/c14-13(2-1-3-13)6-4-16(12(20)15-10(6)19)11-9(18)8(17)7(29-11)5-28-33(24,25)31-34(26,27)30-32(21,22)23/h4,7-9,11,17-18H,1-3,5H2,(H,24,25)(H,26,27)(H,15,19,20)(H2,21,22,23)/t7-,8?,9?,11-/m1/s1. The predicted molar refractivity (Wildman–Crippen MR) is 112 cm³/mol. The quantitative estimate of drug-likeness (QED) is 0.133. The van der Waals surface area contributed by atoms with Crippen LogP contribution < -0.4 is 11.2 Å². The summed E-state index contributed by atoms with van der Waals surface area (Å²) >= 11 is 3.44. The first-order chi connectivity index (χ1) is 15.4. The number of phosphoric acid groups is 3. The van der Waals surface area contributed by atoms with E-state index in [1.54, 1.807) is 0 Å². The van der Waals surface area contributed by atoms with Gasteiger partial charge in [-0.2, -0.15) is 8.62 Å². The van der Waals surface area contributed by atoms with E-state index < -0.39 is 70.2 Å². The van der Waals surface area contributed by atoms with Crippen molar-refractivity contribution in [2.75, 3.05) is 6.61 Å². The van der Waals surface area contributed by atoms with E-state index in [0.29, 0.717) is 12.8 Å². The Hall–Kier alpha value is -0.550. The zero-order valence-corrected chi connectivity index (χ0v) is 21.0. The molecule has 1 saturated carbocycles. The van der Waals surface area contributed by atoms with E-state index in [9.17, 15) is 38.4 Å². The number of rotatable bonds is 9. The van der Waals surface area contributed by atoms with Crippen molar-refractivity contribution in [1.82, 2.24) is 9.55 Å². The SMILES string of the molecule is O=c1[nH]c(=O)n([C@@H]2O[C@H](COP(=O)(O)OP(=O)(O)OP(=O)(O)O)C(O)C2O)cc1C1(Br)CCC1. The first-order valence-electron chi connectivity index (χ1n) is 9.28. The highest BCUT2D eigenvalue weighted by molar-refractivity contribution is 9.09. The molecule has 0 bridgehead atoms. The molecule has 17 nitrogen and oxygen atoms in total. The number of H-pyrrole nitrogens is 1. The van der Waals surface area contributed by atoms with Gasteiger partial charge in [0.25, 0.3) is 5.56 Å². The molecule has 1 saturated heterocycles. The number of ether oxygens (including phenoxy) is 1. The van der Waals surface area contributed by atoms with Crippen LogP contribution in [-0.2, 0) is 35.9 Å². The van der Waals surface area contributed by atoms with Gasteiger partial charge in [-0.25, -0.2) is 18.5 Å². The molecule has 1 aliphatic heterocycles. The Labute approximate surface area is 197 Å². The van der Waals surface area contributed by atoms with Crippen LogP contribution in [0.2, 0.25) is 0 Å². The third kappa shape index (κ3) is 6.41. The van der Waals surface area contributed by atoms with Crippen LogP contribution in [0.3, 0.4) is 0 Å². The maximum Gasteiger partial charge on any atom is 0.490 e. The van der Waals surface area contributed by atoms with Crippen molar-refractivity contribution >= 4 is 39.4 Å². The number of aromatic amines is 1. The molecule has 6 atom stereocenters. The molecule has 2 fully saturated rings. The number of alkyl halides is 1. The first kappa shape index (κ1) is 28.0. The summed E-state index contributed by atoms with van der Waals surface area (Å²) in [5.74, 6) is 0. The minimum atomic E-state index is -5.75. The number of nitrogens with zero attached hydrogens (tertiary/aromatic N) is 1. The number of aliphatic hydroxyl groups is 2. The number of hydrogen-bond donors (Lipinski definition) is 7. The summed E-state index contributed by atoms with van der Waals surface area (Å²) in [4.78, 5) is 62.3. The molecule has 0 spiro atoms. The molecule has 0 radical (unpaired) electrons. The Morgan fingerprint density at radius 1 is 1.09 bits per heavy atom. The fraction of sp³-hybridized carbons (Fsp3) is 0.692. The summed E-state index contributed by atoms with van der Waals surface area (Å²) < 4.78 is 50.9. The van der Waals surface area contributed by atoms with Crippen LogP contribution in [0.25, 0.3) is 0 Å². The van der Waals surface area contributed by atoms with Gasteiger partial charge >= 0.3 is 29.2 Å². The summed E-state index contributed by atoms with van der Waals surface area (Å²) in [6, 6.07) is 0. The second-order valence-electron chi connectivity index (χ2n) is 7.46. The molecule has 2 heterocycles. The second kappa shape index (κ2) is 9.72. The maximum atomic E-state index is 12.3. The van der Waals surface area contributed by atoms with Gasteiger partial charge in [0.2, 0.25) is 0 Å². The van der Waals surface area contributed by atoms with Crippen LogP contribution in [0.5, 0.6) is 0 Å².